The average Bonchev–Trinajstić information content (AvgIpc) is 2.47. The standard InChI is InChI=1S/C15H21FN2O2/c1-18(15(19)12-4-3-7-17-9-12)10-11-5-6-14(20-2)13(16)8-11/h5-6,8,12,17H,3-4,7,9-10H2,1-2H3. The molecule has 1 aliphatic heterocycles. The number of nitrogens with zero attached hydrogens (tertiary/aromatic N) is 1. The van der Waals surface area contributed by atoms with E-state index < -0.39 is 5.82 Å². The normalized spacial score (nSPS) is 18.6. The van der Waals surface area contributed by atoms with Crippen LogP contribution in [0.2, 0.25) is 0 Å². The van der Waals surface area contributed by atoms with Crippen molar-refractivity contribution in [1.29, 1.82) is 0 Å². The molecule has 0 saturated carbocycles. The molecule has 4 nitrogen and oxygen atoms in total. The summed E-state index contributed by atoms with van der Waals surface area (Å²) in [4.78, 5) is 13.9. The lowest BCUT2D eigenvalue weighted by Gasteiger charge is -2.27. The molecule has 1 aliphatic rings. The van der Waals surface area contributed by atoms with Gasteiger partial charge in [0.2, 0.25) is 5.91 Å². The van der Waals surface area contributed by atoms with Crippen LogP contribution in [0.25, 0.3) is 0 Å². The zero-order chi connectivity index (χ0) is 14.5. The van der Waals surface area contributed by atoms with E-state index in [1.54, 1.807) is 24.1 Å². The number of carbonyl (C=O) groups is 1. The van der Waals surface area contributed by atoms with Crippen LogP contribution in [0.3, 0.4) is 0 Å². The number of halogens is 1. The molecule has 0 radical (unpaired) electrons. The van der Waals surface area contributed by atoms with Crippen LogP contribution in [0.4, 0.5) is 4.39 Å². The molecule has 0 bridgehead atoms. The van der Waals surface area contributed by atoms with Gasteiger partial charge in [0.05, 0.1) is 13.0 Å². The molecule has 1 unspecified atom stereocenters. The third-order valence-electron chi connectivity index (χ3n) is 3.66. The number of rotatable bonds is 4. The maximum absolute atomic E-state index is 13.6. The monoisotopic (exact) mass is 280 g/mol. The van der Waals surface area contributed by atoms with Crippen molar-refractivity contribution in [1.82, 2.24) is 10.2 Å². The van der Waals surface area contributed by atoms with Gasteiger partial charge in [0, 0.05) is 20.1 Å². The molecule has 2 rings (SSSR count). The van der Waals surface area contributed by atoms with Gasteiger partial charge in [-0.05, 0) is 37.1 Å². The van der Waals surface area contributed by atoms with Gasteiger partial charge in [-0.25, -0.2) is 4.39 Å². The van der Waals surface area contributed by atoms with Crippen LogP contribution in [0.5, 0.6) is 5.75 Å². The first kappa shape index (κ1) is 14.8. The Morgan fingerprint density at radius 2 is 2.35 bits per heavy atom. The molecule has 20 heavy (non-hydrogen) atoms. The van der Waals surface area contributed by atoms with Crippen LogP contribution in [-0.4, -0.2) is 38.1 Å². The first-order valence-corrected chi connectivity index (χ1v) is 6.90. The Morgan fingerprint density at radius 1 is 1.55 bits per heavy atom. The molecule has 0 aliphatic carbocycles. The Kier molecular flexibility index (Phi) is 4.95. The fraction of sp³-hybridized carbons (Fsp3) is 0.533. The molecule has 1 saturated heterocycles. The molecular weight excluding hydrogens is 259 g/mol. The number of carbonyl (C=O) groups excluding carboxylic acids is 1. The number of methoxy groups -OCH3 is 1. The highest BCUT2D eigenvalue weighted by Gasteiger charge is 2.23. The van der Waals surface area contributed by atoms with Gasteiger partial charge in [-0.2, -0.15) is 0 Å². The number of hydrogen-bond acceptors (Lipinski definition) is 3. The summed E-state index contributed by atoms with van der Waals surface area (Å²) in [6.45, 7) is 2.13. The van der Waals surface area contributed by atoms with Gasteiger partial charge in [0.25, 0.3) is 0 Å². The maximum atomic E-state index is 13.6. The number of benzene rings is 1. The predicted molar refractivity (Wildman–Crippen MR) is 75.0 cm³/mol. The summed E-state index contributed by atoms with van der Waals surface area (Å²) in [5.41, 5.74) is 0.767. The fourth-order valence-electron chi connectivity index (χ4n) is 2.53. The molecule has 1 aromatic carbocycles. The third-order valence-corrected chi connectivity index (χ3v) is 3.66. The minimum Gasteiger partial charge on any atom is -0.494 e. The van der Waals surface area contributed by atoms with Crippen LogP contribution in [0.15, 0.2) is 18.2 Å². The number of hydrogen-bond donors (Lipinski definition) is 1. The quantitative estimate of drug-likeness (QED) is 0.914. The second kappa shape index (κ2) is 6.70. The summed E-state index contributed by atoms with van der Waals surface area (Å²) in [5.74, 6) is -0.0188. The molecular formula is C15H21FN2O2. The highest BCUT2D eigenvalue weighted by atomic mass is 19.1. The lowest BCUT2D eigenvalue weighted by Crippen LogP contribution is -2.41. The first-order valence-electron chi connectivity index (χ1n) is 6.90. The first-order chi connectivity index (χ1) is 9.61. The van der Waals surface area contributed by atoms with E-state index >= 15 is 0 Å². The van der Waals surface area contributed by atoms with E-state index in [9.17, 15) is 9.18 Å². The Balaban J connectivity index is 1.98. The molecule has 1 fully saturated rings. The van der Waals surface area contributed by atoms with E-state index in [0.29, 0.717) is 6.54 Å². The van der Waals surface area contributed by atoms with Crippen molar-refractivity contribution in [2.24, 2.45) is 5.92 Å². The van der Waals surface area contributed by atoms with Crippen molar-refractivity contribution in [3.05, 3.63) is 29.6 Å². The van der Waals surface area contributed by atoms with Crippen LogP contribution >= 0.6 is 0 Å². The van der Waals surface area contributed by atoms with Crippen molar-refractivity contribution in [2.45, 2.75) is 19.4 Å². The summed E-state index contributed by atoms with van der Waals surface area (Å²) >= 11 is 0. The lowest BCUT2D eigenvalue weighted by molar-refractivity contribution is -0.135. The predicted octanol–water partition coefficient (Wildman–Crippen LogP) is 1.79. The van der Waals surface area contributed by atoms with E-state index in [2.05, 4.69) is 5.32 Å². The van der Waals surface area contributed by atoms with Crippen LogP contribution in [0, 0.1) is 11.7 Å². The number of piperidine rings is 1. The molecule has 110 valence electrons. The van der Waals surface area contributed by atoms with Crippen molar-refractivity contribution >= 4 is 5.91 Å². The highest BCUT2D eigenvalue weighted by Crippen LogP contribution is 2.19. The largest absolute Gasteiger partial charge is 0.494 e. The van der Waals surface area contributed by atoms with Crippen molar-refractivity contribution in [3.63, 3.8) is 0 Å². The van der Waals surface area contributed by atoms with Gasteiger partial charge < -0.3 is 15.0 Å². The minimum atomic E-state index is -0.398. The molecule has 0 aromatic heterocycles. The summed E-state index contributed by atoms with van der Waals surface area (Å²) < 4.78 is 18.5. The summed E-state index contributed by atoms with van der Waals surface area (Å²) in [6, 6.07) is 4.79. The maximum Gasteiger partial charge on any atom is 0.227 e. The van der Waals surface area contributed by atoms with Gasteiger partial charge >= 0.3 is 0 Å². The Bertz CT molecular complexity index is 473. The number of nitrogens with one attached hydrogen (secondary N) is 1. The second-order valence-electron chi connectivity index (χ2n) is 5.21. The van der Waals surface area contributed by atoms with Crippen LogP contribution in [0.1, 0.15) is 18.4 Å². The molecule has 1 amide bonds. The SMILES string of the molecule is COc1ccc(CN(C)C(=O)C2CCCNC2)cc1F. The van der Waals surface area contributed by atoms with E-state index in [1.807, 2.05) is 0 Å². The Hall–Kier alpha value is -1.62. The molecule has 5 heteroatoms. The molecule has 1 atom stereocenters. The zero-order valence-electron chi connectivity index (χ0n) is 12.0. The van der Waals surface area contributed by atoms with Gasteiger partial charge in [-0.3, -0.25) is 4.79 Å². The highest BCUT2D eigenvalue weighted by molar-refractivity contribution is 5.78. The second-order valence-corrected chi connectivity index (χ2v) is 5.21. The summed E-state index contributed by atoms with van der Waals surface area (Å²) in [6.07, 6.45) is 1.95. The fourth-order valence-corrected chi connectivity index (χ4v) is 2.53. The summed E-state index contributed by atoms with van der Waals surface area (Å²) in [5, 5.41) is 3.23. The van der Waals surface area contributed by atoms with E-state index in [4.69, 9.17) is 4.74 Å². The van der Waals surface area contributed by atoms with Crippen molar-refractivity contribution in [3.8, 4) is 5.75 Å². The molecule has 1 N–H and O–H groups in total. The third kappa shape index (κ3) is 3.48. The van der Waals surface area contributed by atoms with Gasteiger partial charge in [0.1, 0.15) is 0 Å². The lowest BCUT2D eigenvalue weighted by atomic mass is 9.98. The van der Waals surface area contributed by atoms with Crippen LogP contribution in [-0.2, 0) is 11.3 Å². The van der Waals surface area contributed by atoms with E-state index in [-0.39, 0.29) is 17.6 Å². The van der Waals surface area contributed by atoms with Gasteiger partial charge in [0.15, 0.2) is 11.6 Å². The molecule has 1 heterocycles. The Labute approximate surface area is 118 Å². The number of ether oxygens (including phenoxy) is 1. The topological polar surface area (TPSA) is 41.6 Å². The molecule has 0 spiro atoms. The van der Waals surface area contributed by atoms with E-state index in [0.717, 1.165) is 31.5 Å². The van der Waals surface area contributed by atoms with Crippen LogP contribution < -0.4 is 10.1 Å². The zero-order valence-corrected chi connectivity index (χ0v) is 12.0. The summed E-state index contributed by atoms with van der Waals surface area (Å²) in [7, 11) is 3.20. The average molecular weight is 280 g/mol. The van der Waals surface area contributed by atoms with Gasteiger partial charge in [-0.15, -0.1) is 0 Å². The molecule has 1 aromatic rings. The van der Waals surface area contributed by atoms with Gasteiger partial charge in [-0.1, -0.05) is 6.07 Å². The smallest absolute Gasteiger partial charge is 0.227 e. The van der Waals surface area contributed by atoms with E-state index in [1.165, 1.54) is 13.2 Å². The van der Waals surface area contributed by atoms with Crippen molar-refractivity contribution in [2.75, 3.05) is 27.2 Å². The number of amides is 1. The Morgan fingerprint density at radius 3 is 2.95 bits per heavy atom. The minimum absolute atomic E-state index is 0.0387. The van der Waals surface area contributed by atoms with Crippen molar-refractivity contribution < 1.29 is 13.9 Å².